The molecule has 1 aromatic rings. The molecule has 1 aromatic carbocycles. The van der Waals surface area contributed by atoms with E-state index in [1.54, 1.807) is 0 Å². The van der Waals surface area contributed by atoms with Crippen molar-refractivity contribution in [2.75, 3.05) is 13.1 Å². The molecule has 0 aliphatic rings. The van der Waals surface area contributed by atoms with Gasteiger partial charge in [-0.05, 0) is 11.1 Å². The van der Waals surface area contributed by atoms with Gasteiger partial charge < -0.3 is 22.9 Å². The summed E-state index contributed by atoms with van der Waals surface area (Å²) in [7, 11) is 0. The summed E-state index contributed by atoms with van der Waals surface area (Å²) in [4.78, 5) is 0. The number of nitrogens with two attached hydrogens (primary N) is 4. The van der Waals surface area contributed by atoms with E-state index in [-0.39, 0.29) is 12.1 Å². The molecule has 4 nitrogen and oxygen atoms in total. The zero-order valence-electron chi connectivity index (χ0n) is 8.19. The predicted molar refractivity (Wildman–Crippen MR) is 58.4 cm³/mol. The highest BCUT2D eigenvalue weighted by molar-refractivity contribution is 5.27. The van der Waals surface area contributed by atoms with Crippen molar-refractivity contribution in [3.63, 3.8) is 0 Å². The van der Waals surface area contributed by atoms with Crippen LogP contribution in [0.1, 0.15) is 23.2 Å². The van der Waals surface area contributed by atoms with E-state index in [9.17, 15) is 0 Å². The highest BCUT2D eigenvalue weighted by atomic mass is 14.7. The molecule has 0 saturated carbocycles. The molecule has 0 amide bonds. The zero-order valence-corrected chi connectivity index (χ0v) is 8.19. The molecule has 8 N–H and O–H groups in total. The molecule has 2 atom stereocenters. The minimum atomic E-state index is -0.0989. The van der Waals surface area contributed by atoms with Gasteiger partial charge >= 0.3 is 0 Å². The smallest absolute Gasteiger partial charge is 0.0419 e. The molecule has 0 spiro atoms. The Morgan fingerprint density at radius 3 is 1.29 bits per heavy atom. The molecule has 0 aliphatic carbocycles. The summed E-state index contributed by atoms with van der Waals surface area (Å²) in [6.45, 7) is 0.893. The Balaban J connectivity index is 2.78. The first-order valence-electron chi connectivity index (χ1n) is 4.70. The second-order valence-electron chi connectivity index (χ2n) is 3.35. The molecule has 2 unspecified atom stereocenters. The molecule has 78 valence electrons. The number of rotatable bonds is 4. The molecule has 0 bridgehead atoms. The van der Waals surface area contributed by atoms with Gasteiger partial charge in [-0.3, -0.25) is 0 Å². The van der Waals surface area contributed by atoms with Gasteiger partial charge in [0.1, 0.15) is 0 Å². The standard InChI is InChI=1S/C10H18N4/c11-5-9(13)7-1-2-8(4-3-7)10(14)6-12/h1-4,9-10H,5-6,11-14H2. The molecule has 14 heavy (non-hydrogen) atoms. The third-order valence-corrected chi connectivity index (χ3v) is 2.30. The van der Waals surface area contributed by atoms with Gasteiger partial charge in [0.05, 0.1) is 0 Å². The molecule has 0 heterocycles. The van der Waals surface area contributed by atoms with Crippen LogP contribution in [0.25, 0.3) is 0 Å². The second-order valence-corrected chi connectivity index (χ2v) is 3.35. The van der Waals surface area contributed by atoms with Gasteiger partial charge in [0, 0.05) is 25.2 Å². The molecule has 0 radical (unpaired) electrons. The maximum Gasteiger partial charge on any atom is 0.0419 e. The first-order chi connectivity index (χ1) is 6.69. The first kappa shape index (κ1) is 11.1. The lowest BCUT2D eigenvalue weighted by atomic mass is 10.0. The number of benzene rings is 1. The van der Waals surface area contributed by atoms with Gasteiger partial charge in [-0.2, -0.15) is 0 Å². The van der Waals surface area contributed by atoms with E-state index >= 15 is 0 Å². The van der Waals surface area contributed by atoms with Crippen molar-refractivity contribution < 1.29 is 0 Å². The van der Waals surface area contributed by atoms with E-state index < -0.39 is 0 Å². The van der Waals surface area contributed by atoms with Crippen LogP contribution in [0.2, 0.25) is 0 Å². The largest absolute Gasteiger partial charge is 0.329 e. The fraction of sp³-hybridized carbons (Fsp3) is 0.400. The Kier molecular flexibility index (Phi) is 4.03. The van der Waals surface area contributed by atoms with Crippen LogP contribution in [0.15, 0.2) is 24.3 Å². The van der Waals surface area contributed by atoms with E-state index in [1.165, 1.54) is 0 Å². The third-order valence-electron chi connectivity index (χ3n) is 2.30. The van der Waals surface area contributed by atoms with Crippen molar-refractivity contribution in [2.24, 2.45) is 22.9 Å². The van der Waals surface area contributed by atoms with Crippen LogP contribution in [-0.2, 0) is 0 Å². The summed E-state index contributed by atoms with van der Waals surface area (Å²) >= 11 is 0. The second kappa shape index (κ2) is 5.07. The maximum absolute atomic E-state index is 5.77. The van der Waals surface area contributed by atoms with Crippen LogP contribution in [0.4, 0.5) is 0 Å². The Labute approximate surface area is 84.3 Å². The summed E-state index contributed by atoms with van der Waals surface area (Å²) in [5.41, 5.74) is 24.5. The zero-order chi connectivity index (χ0) is 10.6. The van der Waals surface area contributed by atoms with Crippen LogP contribution in [0, 0.1) is 0 Å². The Hall–Kier alpha value is -0.940. The van der Waals surface area contributed by atoms with Crippen molar-refractivity contribution in [3.8, 4) is 0 Å². The van der Waals surface area contributed by atoms with Gasteiger partial charge in [-0.1, -0.05) is 24.3 Å². The molecule has 4 heteroatoms. The lowest BCUT2D eigenvalue weighted by molar-refractivity contribution is 0.723. The van der Waals surface area contributed by atoms with Crippen molar-refractivity contribution in [1.82, 2.24) is 0 Å². The van der Waals surface area contributed by atoms with Crippen LogP contribution >= 0.6 is 0 Å². The molecule has 0 fully saturated rings. The van der Waals surface area contributed by atoms with Crippen LogP contribution in [-0.4, -0.2) is 13.1 Å². The van der Waals surface area contributed by atoms with E-state index in [0.717, 1.165) is 11.1 Å². The van der Waals surface area contributed by atoms with E-state index in [2.05, 4.69) is 0 Å². The fourth-order valence-corrected chi connectivity index (χ4v) is 1.26. The minimum Gasteiger partial charge on any atom is -0.329 e. The summed E-state index contributed by atoms with van der Waals surface area (Å²) in [6, 6.07) is 7.59. The predicted octanol–water partition coefficient (Wildman–Crippen LogP) is -0.396. The number of hydrogen-bond acceptors (Lipinski definition) is 4. The van der Waals surface area contributed by atoms with E-state index in [0.29, 0.717) is 13.1 Å². The molecule has 1 rings (SSSR count). The number of hydrogen-bond donors (Lipinski definition) is 4. The van der Waals surface area contributed by atoms with E-state index in [4.69, 9.17) is 22.9 Å². The van der Waals surface area contributed by atoms with Gasteiger partial charge in [-0.15, -0.1) is 0 Å². The molecule has 0 aliphatic heterocycles. The van der Waals surface area contributed by atoms with Gasteiger partial charge in [-0.25, -0.2) is 0 Å². The first-order valence-corrected chi connectivity index (χ1v) is 4.70. The van der Waals surface area contributed by atoms with Crippen molar-refractivity contribution in [3.05, 3.63) is 35.4 Å². The molecule has 0 saturated heterocycles. The normalized spacial score (nSPS) is 15.1. The van der Waals surface area contributed by atoms with Gasteiger partial charge in [0.15, 0.2) is 0 Å². The Morgan fingerprint density at radius 2 is 1.07 bits per heavy atom. The van der Waals surface area contributed by atoms with Gasteiger partial charge in [0.2, 0.25) is 0 Å². The molecule has 0 aromatic heterocycles. The third kappa shape index (κ3) is 2.52. The highest BCUT2D eigenvalue weighted by Gasteiger charge is 2.05. The Bertz CT molecular complexity index is 241. The average Bonchev–Trinajstić information content (AvgIpc) is 2.27. The molecular weight excluding hydrogens is 176 g/mol. The van der Waals surface area contributed by atoms with Crippen LogP contribution in [0.5, 0.6) is 0 Å². The summed E-state index contributed by atoms with van der Waals surface area (Å²) in [5.74, 6) is 0. The average molecular weight is 194 g/mol. The van der Waals surface area contributed by atoms with Crippen molar-refractivity contribution in [1.29, 1.82) is 0 Å². The van der Waals surface area contributed by atoms with E-state index in [1.807, 2.05) is 24.3 Å². The van der Waals surface area contributed by atoms with Crippen LogP contribution in [0.3, 0.4) is 0 Å². The summed E-state index contributed by atoms with van der Waals surface area (Å²) in [5, 5.41) is 0. The maximum atomic E-state index is 5.77. The Morgan fingerprint density at radius 1 is 0.786 bits per heavy atom. The minimum absolute atomic E-state index is 0.0989. The topological polar surface area (TPSA) is 104 Å². The lowest BCUT2D eigenvalue weighted by Crippen LogP contribution is -2.22. The van der Waals surface area contributed by atoms with Crippen LogP contribution < -0.4 is 22.9 Å². The lowest BCUT2D eigenvalue weighted by Gasteiger charge is -2.12. The quantitative estimate of drug-likeness (QED) is 0.523. The van der Waals surface area contributed by atoms with Gasteiger partial charge in [0.25, 0.3) is 0 Å². The monoisotopic (exact) mass is 194 g/mol. The van der Waals surface area contributed by atoms with Crippen molar-refractivity contribution in [2.45, 2.75) is 12.1 Å². The van der Waals surface area contributed by atoms with Crippen molar-refractivity contribution >= 4 is 0 Å². The SMILES string of the molecule is NCC(N)c1ccc(C(N)CN)cc1. The fourth-order valence-electron chi connectivity index (χ4n) is 1.26. The summed E-state index contributed by atoms with van der Waals surface area (Å²) in [6.07, 6.45) is 0. The molecular formula is C10H18N4. The summed E-state index contributed by atoms with van der Waals surface area (Å²) < 4.78 is 0. The highest BCUT2D eigenvalue weighted by Crippen LogP contribution is 2.14.